The normalized spacial score (nSPS) is 17.2. The Morgan fingerprint density at radius 3 is 2.89 bits per heavy atom. The Morgan fingerprint density at radius 1 is 1.50 bits per heavy atom. The lowest BCUT2D eigenvalue weighted by Crippen LogP contribution is -2.38. The van der Waals surface area contributed by atoms with Crippen LogP contribution in [0.2, 0.25) is 0 Å². The van der Waals surface area contributed by atoms with Crippen molar-refractivity contribution in [1.29, 1.82) is 0 Å². The van der Waals surface area contributed by atoms with E-state index in [1.807, 2.05) is 12.3 Å². The van der Waals surface area contributed by atoms with Gasteiger partial charge in [0.25, 0.3) is 0 Å². The molecule has 0 spiro atoms. The molecule has 0 radical (unpaired) electrons. The maximum Gasteiger partial charge on any atom is 0.143 e. The average Bonchev–Trinajstić information content (AvgIpc) is 2.40. The van der Waals surface area contributed by atoms with E-state index in [1.165, 1.54) is 5.56 Å². The molecule has 1 N–H and O–H groups in total. The highest BCUT2D eigenvalue weighted by Gasteiger charge is 2.22. The second-order valence-corrected chi connectivity index (χ2v) is 5.34. The smallest absolute Gasteiger partial charge is 0.143 e. The highest BCUT2D eigenvalue weighted by atomic mass is 79.9. The number of aryl methyl sites for hydroxylation is 1. The number of anilines is 1. The van der Waals surface area contributed by atoms with Crippen molar-refractivity contribution >= 4 is 21.7 Å². The van der Waals surface area contributed by atoms with Gasteiger partial charge in [0.05, 0.1) is 23.8 Å². The molecule has 1 aromatic rings. The van der Waals surface area contributed by atoms with Crippen molar-refractivity contribution in [3.05, 3.63) is 22.3 Å². The first-order valence-electron chi connectivity index (χ1n) is 6.31. The Labute approximate surface area is 116 Å². The van der Waals surface area contributed by atoms with E-state index in [9.17, 15) is 0 Å². The lowest BCUT2D eigenvalue weighted by molar-refractivity contribution is 0.0158. The van der Waals surface area contributed by atoms with Gasteiger partial charge in [-0.25, -0.2) is 4.98 Å². The molecule has 0 aliphatic carbocycles. The summed E-state index contributed by atoms with van der Waals surface area (Å²) >= 11 is 3.60. The van der Waals surface area contributed by atoms with Crippen molar-refractivity contribution in [3.63, 3.8) is 0 Å². The fourth-order valence-electron chi connectivity index (χ4n) is 2.20. The summed E-state index contributed by atoms with van der Waals surface area (Å²) in [6.45, 7) is 4.52. The fraction of sp³-hybridized carbons (Fsp3) is 0.615. The van der Waals surface area contributed by atoms with Gasteiger partial charge >= 0.3 is 0 Å². The number of nitrogens with zero attached hydrogens (tertiary/aromatic N) is 2. The molecule has 0 bridgehead atoms. The number of aromatic nitrogens is 1. The molecule has 0 aromatic carbocycles. The molecule has 1 aliphatic heterocycles. The van der Waals surface area contributed by atoms with Crippen LogP contribution in [0.1, 0.15) is 18.4 Å². The molecule has 5 heteroatoms. The summed E-state index contributed by atoms with van der Waals surface area (Å²) in [4.78, 5) is 6.74. The molecule has 0 atom stereocenters. The summed E-state index contributed by atoms with van der Waals surface area (Å²) < 4.78 is 6.64. The number of rotatable bonds is 4. The van der Waals surface area contributed by atoms with Crippen molar-refractivity contribution < 1.29 is 9.84 Å². The average molecular weight is 315 g/mol. The number of aliphatic hydroxyl groups excluding tert-OH is 1. The van der Waals surface area contributed by atoms with Gasteiger partial charge in [-0.1, -0.05) is 0 Å². The van der Waals surface area contributed by atoms with Crippen LogP contribution in [0.25, 0.3) is 0 Å². The number of hydrogen-bond donors (Lipinski definition) is 1. The second kappa shape index (κ2) is 6.50. The van der Waals surface area contributed by atoms with Crippen LogP contribution in [0.5, 0.6) is 0 Å². The third-order valence-electron chi connectivity index (χ3n) is 3.25. The molecule has 2 heterocycles. The number of ether oxygens (including phenoxy) is 1. The van der Waals surface area contributed by atoms with Gasteiger partial charge in [-0.2, -0.15) is 0 Å². The topological polar surface area (TPSA) is 45.6 Å². The zero-order valence-electron chi connectivity index (χ0n) is 10.6. The molecule has 0 unspecified atom stereocenters. The Morgan fingerprint density at radius 2 is 2.22 bits per heavy atom. The lowest BCUT2D eigenvalue weighted by atomic mass is 10.1. The molecule has 0 amide bonds. The van der Waals surface area contributed by atoms with Gasteiger partial charge in [0.1, 0.15) is 5.82 Å². The molecular formula is C13H19BrN2O2. The molecule has 100 valence electrons. The minimum absolute atomic E-state index is 0.102. The Hall–Kier alpha value is -0.650. The van der Waals surface area contributed by atoms with Crippen molar-refractivity contribution in [2.24, 2.45) is 0 Å². The van der Waals surface area contributed by atoms with E-state index < -0.39 is 0 Å². The highest BCUT2D eigenvalue weighted by molar-refractivity contribution is 9.10. The van der Waals surface area contributed by atoms with E-state index in [0.717, 1.165) is 36.2 Å². The van der Waals surface area contributed by atoms with Crippen molar-refractivity contribution in [2.75, 3.05) is 31.2 Å². The number of halogens is 1. The Bertz CT molecular complexity index is 393. The zero-order valence-corrected chi connectivity index (χ0v) is 12.2. The molecule has 1 fully saturated rings. The van der Waals surface area contributed by atoms with Crippen molar-refractivity contribution in [1.82, 2.24) is 4.98 Å². The summed E-state index contributed by atoms with van der Waals surface area (Å²) in [7, 11) is 0. The predicted molar refractivity (Wildman–Crippen MR) is 74.9 cm³/mol. The van der Waals surface area contributed by atoms with Gasteiger partial charge < -0.3 is 14.7 Å². The van der Waals surface area contributed by atoms with E-state index >= 15 is 0 Å². The van der Waals surface area contributed by atoms with Crippen molar-refractivity contribution in [3.8, 4) is 0 Å². The van der Waals surface area contributed by atoms with Gasteiger partial charge in [0.2, 0.25) is 0 Å². The van der Waals surface area contributed by atoms with Crippen LogP contribution in [0, 0.1) is 6.92 Å². The quantitative estimate of drug-likeness (QED) is 0.924. The number of aliphatic hydroxyl groups is 1. The van der Waals surface area contributed by atoms with E-state index in [0.29, 0.717) is 6.61 Å². The van der Waals surface area contributed by atoms with Crippen LogP contribution < -0.4 is 4.90 Å². The minimum atomic E-state index is 0.102. The van der Waals surface area contributed by atoms with Crippen LogP contribution in [0.3, 0.4) is 0 Å². The number of pyridine rings is 1. The van der Waals surface area contributed by atoms with Crippen LogP contribution in [-0.4, -0.2) is 42.5 Å². The molecule has 4 nitrogen and oxygen atoms in total. The van der Waals surface area contributed by atoms with Crippen LogP contribution in [0.4, 0.5) is 5.82 Å². The summed E-state index contributed by atoms with van der Waals surface area (Å²) in [6, 6.07) is 2.00. The van der Waals surface area contributed by atoms with Crippen molar-refractivity contribution in [2.45, 2.75) is 25.9 Å². The first kappa shape index (κ1) is 13.8. The third kappa shape index (κ3) is 3.22. The minimum Gasteiger partial charge on any atom is -0.394 e. The largest absolute Gasteiger partial charge is 0.394 e. The fourth-order valence-corrected chi connectivity index (χ4v) is 2.69. The van der Waals surface area contributed by atoms with E-state index in [1.54, 1.807) is 0 Å². The summed E-state index contributed by atoms with van der Waals surface area (Å²) in [5, 5.41) is 8.74. The SMILES string of the molecule is Cc1ccnc(N2CCC(OCCO)CC2)c1Br. The molecule has 1 saturated heterocycles. The summed E-state index contributed by atoms with van der Waals surface area (Å²) in [5.41, 5.74) is 1.21. The number of piperidine rings is 1. The molecular weight excluding hydrogens is 296 g/mol. The predicted octanol–water partition coefficient (Wildman–Crippen LogP) is 2.13. The van der Waals surface area contributed by atoms with E-state index in [-0.39, 0.29) is 12.7 Å². The van der Waals surface area contributed by atoms with Gasteiger partial charge in [-0.3, -0.25) is 0 Å². The molecule has 1 aromatic heterocycles. The van der Waals surface area contributed by atoms with E-state index in [2.05, 4.69) is 32.7 Å². The van der Waals surface area contributed by atoms with Gasteiger partial charge in [-0.05, 0) is 47.3 Å². The van der Waals surface area contributed by atoms with Crippen LogP contribution >= 0.6 is 15.9 Å². The highest BCUT2D eigenvalue weighted by Crippen LogP contribution is 2.29. The summed E-state index contributed by atoms with van der Waals surface area (Å²) in [6.07, 6.45) is 4.10. The summed E-state index contributed by atoms with van der Waals surface area (Å²) in [5.74, 6) is 1.02. The van der Waals surface area contributed by atoms with Gasteiger partial charge in [0.15, 0.2) is 0 Å². The molecule has 1 aliphatic rings. The van der Waals surface area contributed by atoms with Gasteiger partial charge in [0, 0.05) is 19.3 Å². The van der Waals surface area contributed by atoms with Crippen LogP contribution in [-0.2, 0) is 4.74 Å². The Kier molecular flexibility index (Phi) is 4.97. The third-order valence-corrected chi connectivity index (χ3v) is 4.23. The first-order valence-corrected chi connectivity index (χ1v) is 7.10. The molecule has 2 rings (SSSR count). The second-order valence-electron chi connectivity index (χ2n) is 4.55. The standard InChI is InChI=1S/C13H19BrN2O2/c1-10-2-5-15-13(12(10)14)16-6-3-11(4-7-16)18-9-8-17/h2,5,11,17H,3-4,6-9H2,1H3. The maximum atomic E-state index is 8.74. The van der Waals surface area contributed by atoms with E-state index in [4.69, 9.17) is 9.84 Å². The lowest BCUT2D eigenvalue weighted by Gasteiger charge is -2.33. The number of hydrogen-bond acceptors (Lipinski definition) is 4. The monoisotopic (exact) mass is 314 g/mol. The van der Waals surface area contributed by atoms with Crippen LogP contribution in [0.15, 0.2) is 16.7 Å². The Balaban J connectivity index is 1.95. The first-order chi connectivity index (χ1) is 8.72. The maximum absolute atomic E-state index is 8.74. The molecule has 0 saturated carbocycles. The van der Waals surface area contributed by atoms with Gasteiger partial charge in [-0.15, -0.1) is 0 Å². The molecule has 18 heavy (non-hydrogen) atoms. The zero-order chi connectivity index (χ0) is 13.0.